The highest BCUT2D eigenvalue weighted by Crippen LogP contribution is 2.24. The van der Waals surface area contributed by atoms with Gasteiger partial charge in [0.05, 0.1) is 19.2 Å². The number of ether oxygens (including phenoxy) is 1. The number of nitrogens with one attached hydrogen (secondary N) is 2. The third-order valence-electron chi connectivity index (χ3n) is 7.72. The summed E-state index contributed by atoms with van der Waals surface area (Å²) in [4.78, 5) is 19.8. The van der Waals surface area contributed by atoms with E-state index in [0.717, 1.165) is 21.9 Å². The molecule has 1 amide bonds. The van der Waals surface area contributed by atoms with Gasteiger partial charge in [0.25, 0.3) is 0 Å². The van der Waals surface area contributed by atoms with Crippen molar-refractivity contribution in [3.05, 3.63) is 96.6 Å². The van der Waals surface area contributed by atoms with Crippen LogP contribution < -0.4 is 22.1 Å². The molecule has 0 spiro atoms. The van der Waals surface area contributed by atoms with Gasteiger partial charge in [0.2, 0.25) is 5.91 Å². The van der Waals surface area contributed by atoms with Crippen molar-refractivity contribution < 1.29 is 14.6 Å². The Morgan fingerprint density at radius 2 is 1.93 bits per heavy atom. The number of guanidine groups is 1. The molecule has 0 bridgehead atoms. The van der Waals surface area contributed by atoms with Gasteiger partial charge in [0, 0.05) is 25.7 Å². The first-order valence-electron chi connectivity index (χ1n) is 14.6. The Balaban J connectivity index is 1.48. The predicted octanol–water partition coefficient (Wildman–Crippen LogP) is 3.15. The molecule has 1 heterocycles. The highest BCUT2D eigenvalue weighted by atomic mass is 16.5. The van der Waals surface area contributed by atoms with Gasteiger partial charge >= 0.3 is 0 Å². The zero-order chi connectivity index (χ0) is 30.0. The quantitative estimate of drug-likeness (QED) is 0.0658. The molecule has 0 aromatic heterocycles. The number of aliphatic hydroxyl groups is 1. The first-order valence-corrected chi connectivity index (χ1v) is 14.6. The summed E-state index contributed by atoms with van der Waals surface area (Å²) in [5.41, 5.74) is 11.5. The van der Waals surface area contributed by atoms with E-state index >= 15 is 0 Å². The molecule has 2 unspecified atom stereocenters. The van der Waals surface area contributed by atoms with Gasteiger partial charge < -0.3 is 31.5 Å². The third kappa shape index (κ3) is 8.62. The number of amides is 1. The van der Waals surface area contributed by atoms with Gasteiger partial charge in [-0.05, 0) is 54.2 Å². The van der Waals surface area contributed by atoms with Gasteiger partial charge in [-0.1, -0.05) is 72.8 Å². The molecule has 0 radical (unpaired) electrons. The monoisotopic (exact) mass is 572 g/mol. The second-order valence-corrected chi connectivity index (χ2v) is 11.0. The maximum absolute atomic E-state index is 13.8. The Hall–Kier alpha value is -3.76. The average molecular weight is 573 g/mol. The van der Waals surface area contributed by atoms with Crippen LogP contribution in [0.4, 0.5) is 0 Å². The Bertz CT molecular complexity index is 1340. The largest absolute Gasteiger partial charge is 0.372 e. The van der Waals surface area contributed by atoms with E-state index in [1.807, 2.05) is 71.6 Å². The normalized spacial score (nSPS) is 19.6. The number of carbonyl (C=O) groups is 1. The molecule has 1 aliphatic heterocycles. The standard InChI is InChI=1S/C33H44N6O3/c1-3-20-42-30(25-11-5-4-6-12-25)23-39-19-17-28(38-29(31(39)40)14-9-18-36-32(34)35)22-37-33(2,41)27-16-15-24-10-7-8-13-26(24)21-27/h3-8,10-13,15-16,21,28-30,37-38,41H,1,9,14,17-20,22-23H2,2H3,(H4,34,35,36)/t28-,29-,30?,33?/m0/s1. The van der Waals surface area contributed by atoms with E-state index in [1.165, 1.54) is 0 Å². The maximum atomic E-state index is 13.8. The van der Waals surface area contributed by atoms with Crippen LogP contribution in [0.25, 0.3) is 10.8 Å². The number of nitrogens with two attached hydrogens (primary N) is 2. The Labute approximate surface area is 248 Å². The maximum Gasteiger partial charge on any atom is 0.239 e. The number of aliphatic imine (C=N–C) groups is 1. The molecule has 9 heteroatoms. The molecular weight excluding hydrogens is 528 g/mol. The Kier molecular flexibility index (Phi) is 11.1. The van der Waals surface area contributed by atoms with Crippen LogP contribution in [0.1, 0.15) is 43.4 Å². The number of fused-ring (bicyclic) bond motifs is 1. The van der Waals surface area contributed by atoms with Crippen LogP contribution in [0.5, 0.6) is 0 Å². The van der Waals surface area contributed by atoms with Crippen molar-refractivity contribution in [1.82, 2.24) is 15.5 Å². The second-order valence-electron chi connectivity index (χ2n) is 11.0. The van der Waals surface area contributed by atoms with Crippen LogP contribution in [-0.4, -0.2) is 66.7 Å². The van der Waals surface area contributed by atoms with Crippen molar-refractivity contribution in [2.45, 2.75) is 50.1 Å². The number of hydrogen-bond acceptors (Lipinski definition) is 6. The van der Waals surface area contributed by atoms with E-state index in [2.05, 4.69) is 28.3 Å². The molecule has 7 N–H and O–H groups in total. The molecule has 1 saturated heterocycles. The van der Waals surface area contributed by atoms with Crippen molar-refractivity contribution in [2.75, 3.05) is 32.8 Å². The minimum atomic E-state index is -1.25. The second kappa shape index (κ2) is 14.9. The summed E-state index contributed by atoms with van der Waals surface area (Å²) < 4.78 is 6.10. The molecule has 9 nitrogen and oxygen atoms in total. The summed E-state index contributed by atoms with van der Waals surface area (Å²) in [5.74, 6) is 0.0615. The van der Waals surface area contributed by atoms with Gasteiger partial charge in [-0.15, -0.1) is 6.58 Å². The zero-order valence-corrected chi connectivity index (χ0v) is 24.4. The SMILES string of the molecule is C=CCOC(CN1CC[C@@H](CNC(C)(O)c2ccc3ccccc3c2)N[C@@H](CCCN=C(N)N)C1=O)c1ccccc1. The van der Waals surface area contributed by atoms with E-state index in [0.29, 0.717) is 52.0 Å². The highest BCUT2D eigenvalue weighted by molar-refractivity contribution is 5.83. The smallest absolute Gasteiger partial charge is 0.239 e. The first kappa shape index (κ1) is 31.2. The van der Waals surface area contributed by atoms with E-state index in [-0.39, 0.29) is 24.0 Å². The zero-order valence-electron chi connectivity index (χ0n) is 24.4. The third-order valence-corrected chi connectivity index (χ3v) is 7.72. The number of hydrogen-bond donors (Lipinski definition) is 5. The fourth-order valence-electron chi connectivity index (χ4n) is 5.36. The molecule has 224 valence electrons. The minimum Gasteiger partial charge on any atom is -0.372 e. The summed E-state index contributed by atoms with van der Waals surface area (Å²) in [7, 11) is 0. The fraction of sp³-hybridized carbons (Fsp3) is 0.394. The molecule has 1 aliphatic rings. The lowest BCUT2D eigenvalue weighted by atomic mass is 9.99. The van der Waals surface area contributed by atoms with Crippen molar-refractivity contribution in [3.63, 3.8) is 0 Å². The number of carbonyl (C=O) groups excluding carboxylic acids is 1. The number of benzene rings is 3. The topological polar surface area (TPSA) is 138 Å². The van der Waals surface area contributed by atoms with Crippen molar-refractivity contribution in [3.8, 4) is 0 Å². The van der Waals surface area contributed by atoms with Gasteiger partial charge in [0.15, 0.2) is 5.96 Å². The Morgan fingerprint density at radius 3 is 2.67 bits per heavy atom. The van der Waals surface area contributed by atoms with Crippen LogP contribution >= 0.6 is 0 Å². The summed E-state index contributed by atoms with van der Waals surface area (Å²) in [6.45, 7) is 7.84. The van der Waals surface area contributed by atoms with E-state index < -0.39 is 11.8 Å². The summed E-state index contributed by atoms with van der Waals surface area (Å²) in [5, 5.41) is 20.5. The van der Waals surface area contributed by atoms with E-state index in [9.17, 15) is 9.90 Å². The van der Waals surface area contributed by atoms with Crippen LogP contribution in [0.2, 0.25) is 0 Å². The molecular formula is C33H44N6O3. The lowest BCUT2D eigenvalue weighted by Crippen LogP contribution is -2.51. The lowest BCUT2D eigenvalue weighted by Gasteiger charge is -2.29. The van der Waals surface area contributed by atoms with Crippen LogP contribution in [0.3, 0.4) is 0 Å². The van der Waals surface area contributed by atoms with Crippen molar-refractivity contribution in [1.29, 1.82) is 0 Å². The van der Waals surface area contributed by atoms with E-state index in [4.69, 9.17) is 16.2 Å². The predicted molar refractivity (Wildman–Crippen MR) is 169 cm³/mol. The van der Waals surface area contributed by atoms with Gasteiger partial charge in [-0.3, -0.25) is 15.1 Å². The highest BCUT2D eigenvalue weighted by Gasteiger charge is 2.33. The van der Waals surface area contributed by atoms with Crippen LogP contribution in [0, 0.1) is 0 Å². The van der Waals surface area contributed by atoms with Gasteiger partial charge in [0.1, 0.15) is 11.8 Å². The average Bonchev–Trinajstić information content (AvgIpc) is 3.14. The van der Waals surface area contributed by atoms with E-state index in [1.54, 1.807) is 13.0 Å². The molecule has 42 heavy (non-hydrogen) atoms. The number of rotatable bonds is 14. The van der Waals surface area contributed by atoms with Crippen LogP contribution in [0.15, 0.2) is 90.4 Å². The molecule has 0 aliphatic carbocycles. The first-order chi connectivity index (χ1) is 20.3. The summed E-state index contributed by atoms with van der Waals surface area (Å²) in [6.07, 6.45) is 3.38. The molecule has 4 rings (SSSR count). The number of nitrogens with zero attached hydrogens (tertiary/aromatic N) is 2. The van der Waals surface area contributed by atoms with Crippen molar-refractivity contribution >= 4 is 22.6 Å². The molecule has 1 fully saturated rings. The molecule has 3 aromatic rings. The molecule has 0 saturated carbocycles. The van der Waals surface area contributed by atoms with Gasteiger partial charge in [-0.25, -0.2) is 0 Å². The minimum absolute atomic E-state index is 0.0200. The molecule has 4 atom stereocenters. The van der Waals surface area contributed by atoms with Crippen molar-refractivity contribution in [2.24, 2.45) is 16.5 Å². The lowest BCUT2D eigenvalue weighted by molar-refractivity contribution is -0.134. The van der Waals surface area contributed by atoms with Crippen LogP contribution in [-0.2, 0) is 15.3 Å². The Morgan fingerprint density at radius 1 is 1.19 bits per heavy atom. The molecule has 3 aromatic carbocycles. The fourth-order valence-corrected chi connectivity index (χ4v) is 5.36. The van der Waals surface area contributed by atoms with Gasteiger partial charge in [-0.2, -0.15) is 0 Å². The summed E-state index contributed by atoms with van der Waals surface area (Å²) in [6, 6.07) is 23.5. The summed E-state index contributed by atoms with van der Waals surface area (Å²) >= 11 is 0.